The van der Waals surface area contributed by atoms with E-state index in [1.54, 1.807) is 6.07 Å². The van der Waals surface area contributed by atoms with Crippen LogP contribution in [0.5, 0.6) is 0 Å². The first-order valence-corrected chi connectivity index (χ1v) is 12.1. The van der Waals surface area contributed by atoms with Crippen LogP contribution in [0.4, 0.5) is 5.69 Å². The van der Waals surface area contributed by atoms with Gasteiger partial charge < -0.3 is 19.1 Å². The maximum Gasteiger partial charge on any atom is 0.339 e. The van der Waals surface area contributed by atoms with Crippen molar-refractivity contribution >= 4 is 23.3 Å². The van der Waals surface area contributed by atoms with E-state index in [0.29, 0.717) is 10.6 Å². The molecule has 2 aromatic carbocycles. The molecule has 2 fully saturated rings. The predicted molar refractivity (Wildman–Crippen MR) is 130 cm³/mol. The van der Waals surface area contributed by atoms with Crippen molar-refractivity contribution in [3.8, 4) is 0 Å². The van der Waals surface area contributed by atoms with Crippen LogP contribution < -0.4 is 4.90 Å². The number of likely N-dealkylation sites (tertiary alicyclic amines) is 1. The standard InChI is InChI=1S/C26H33ClN2O4/c1-28(20-11-12-22(23(27)16-20)26(30)31-2)24(19-8-4-3-5-9-19)18-29-14-13-21(17-29)33-25-10-6-7-15-32-25/h3-5,8-9,11-12,16,21,24-25H,6-7,10,13-15,17-18H2,1-2H3/t21-,24+,25?/m0/s1. The molecule has 6 nitrogen and oxygen atoms in total. The molecule has 2 aliphatic heterocycles. The van der Waals surface area contributed by atoms with Crippen molar-refractivity contribution < 1.29 is 19.0 Å². The zero-order valence-electron chi connectivity index (χ0n) is 19.4. The number of nitrogens with zero attached hydrogens (tertiary/aromatic N) is 2. The Balaban J connectivity index is 1.47. The van der Waals surface area contributed by atoms with Crippen LogP contribution in [-0.2, 0) is 14.2 Å². The maximum atomic E-state index is 11.9. The van der Waals surface area contributed by atoms with Crippen LogP contribution in [0.25, 0.3) is 0 Å². The van der Waals surface area contributed by atoms with Gasteiger partial charge in [0.2, 0.25) is 0 Å². The lowest BCUT2D eigenvalue weighted by Gasteiger charge is -2.34. The summed E-state index contributed by atoms with van der Waals surface area (Å²) in [5, 5.41) is 0.389. The van der Waals surface area contributed by atoms with Crippen LogP contribution in [0.2, 0.25) is 5.02 Å². The molecule has 3 atom stereocenters. The van der Waals surface area contributed by atoms with Gasteiger partial charge in [0.05, 0.1) is 29.8 Å². The van der Waals surface area contributed by atoms with Crippen molar-refractivity contribution in [2.75, 3.05) is 45.3 Å². The number of anilines is 1. The highest BCUT2D eigenvalue weighted by molar-refractivity contribution is 6.33. The minimum absolute atomic E-state index is 0.0493. The van der Waals surface area contributed by atoms with E-state index in [9.17, 15) is 4.79 Å². The Morgan fingerprint density at radius 1 is 1.21 bits per heavy atom. The lowest BCUT2D eigenvalue weighted by atomic mass is 10.0. The van der Waals surface area contributed by atoms with E-state index in [4.69, 9.17) is 25.8 Å². The molecule has 0 aliphatic carbocycles. The highest BCUT2D eigenvalue weighted by Crippen LogP contribution is 2.31. The maximum absolute atomic E-state index is 11.9. The third kappa shape index (κ3) is 6.07. The van der Waals surface area contributed by atoms with Gasteiger partial charge in [-0.2, -0.15) is 0 Å². The Bertz CT molecular complexity index is 920. The number of carbonyl (C=O) groups excluding carboxylic acids is 1. The number of benzene rings is 2. The Hall–Kier alpha value is -2.12. The van der Waals surface area contributed by atoms with E-state index >= 15 is 0 Å². The fourth-order valence-electron chi connectivity index (χ4n) is 4.66. The van der Waals surface area contributed by atoms with Crippen LogP contribution in [0.1, 0.15) is 47.6 Å². The van der Waals surface area contributed by atoms with Crippen LogP contribution in [-0.4, -0.2) is 63.7 Å². The number of methoxy groups -OCH3 is 1. The lowest BCUT2D eigenvalue weighted by molar-refractivity contribution is -0.185. The van der Waals surface area contributed by atoms with Crippen LogP contribution in [0, 0.1) is 0 Å². The van der Waals surface area contributed by atoms with Crippen molar-refractivity contribution in [1.82, 2.24) is 4.90 Å². The van der Waals surface area contributed by atoms with Gasteiger partial charge in [-0.25, -0.2) is 4.79 Å². The number of esters is 1. The molecule has 0 radical (unpaired) electrons. The predicted octanol–water partition coefficient (Wildman–Crippen LogP) is 4.92. The van der Waals surface area contributed by atoms with Crippen LogP contribution in [0.15, 0.2) is 48.5 Å². The number of ether oxygens (including phenoxy) is 3. The molecule has 0 saturated carbocycles. The minimum atomic E-state index is -0.432. The highest BCUT2D eigenvalue weighted by Gasteiger charge is 2.30. The molecule has 2 aromatic rings. The molecule has 0 amide bonds. The fourth-order valence-corrected chi connectivity index (χ4v) is 4.91. The van der Waals surface area contributed by atoms with Crippen molar-refractivity contribution in [1.29, 1.82) is 0 Å². The molecule has 0 aromatic heterocycles. The second kappa shape index (κ2) is 11.3. The van der Waals surface area contributed by atoms with E-state index in [1.165, 1.54) is 19.1 Å². The summed E-state index contributed by atoms with van der Waals surface area (Å²) in [6, 6.07) is 16.1. The van der Waals surface area contributed by atoms with Crippen LogP contribution in [0.3, 0.4) is 0 Å². The summed E-state index contributed by atoms with van der Waals surface area (Å²) < 4.78 is 16.8. The largest absolute Gasteiger partial charge is 0.465 e. The van der Waals surface area contributed by atoms with E-state index in [1.807, 2.05) is 18.2 Å². The number of halogens is 1. The summed E-state index contributed by atoms with van der Waals surface area (Å²) >= 11 is 6.41. The number of rotatable bonds is 8. The smallest absolute Gasteiger partial charge is 0.339 e. The molecule has 2 heterocycles. The molecule has 0 N–H and O–H groups in total. The molecular formula is C26H33ClN2O4. The highest BCUT2D eigenvalue weighted by atomic mass is 35.5. The zero-order chi connectivity index (χ0) is 23.2. The van der Waals surface area contributed by atoms with E-state index in [0.717, 1.165) is 51.2 Å². The third-order valence-corrected chi connectivity index (χ3v) is 6.87. The molecule has 2 saturated heterocycles. The van der Waals surface area contributed by atoms with Crippen molar-refractivity contribution in [3.05, 3.63) is 64.7 Å². The van der Waals surface area contributed by atoms with E-state index < -0.39 is 5.97 Å². The third-order valence-electron chi connectivity index (χ3n) is 6.56. The van der Waals surface area contributed by atoms with E-state index in [2.05, 4.69) is 41.1 Å². The van der Waals surface area contributed by atoms with Gasteiger partial charge in [-0.05, 0) is 49.4 Å². The van der Waals surface area contributed by atoms with Crippen molar-refractivity contribution in [3.63, 3.8) is 0 Å². The second-order valence-electron chi connectivity index (χ2n) is 8.80. The van der Waals surface area contributed by atoms with Gasteiger partial charge in [0.25, 0.3) is 0 Å². The Kier molecular flexibility index (Phi) is 8.25. The van der Waals surface area contributed by atoms with Gasteiger partial charge in [0.1, 0.15) is 0 Å². The Labute approximate surface area is 201 Å². The number of carbonyl (C=O) groups is 1. The van der Waals surface area contributed by atoms with Gasteiger partial charge in [0, 0.05) is 39.0 Å². The van der Waals surface area contributed by atoms with Gasteiger partial charge in [-0.1, -0.05) is 41.9 Å². The summed E-state index contributed by atoms with van der Waals surface area (Å²) in [6.07, 6.45) is 4.49. The van der Waals surface area contributed by atoms with Gasteiger partial charge in [-0.3, -0.25) is 4.90 Å². The SMILES string of the molecule is COC(=O)c1ccc(N(C)[C@H](CN2CC[C@H](OC3CCCCO3)C2)c2ccccc2)cc1Cl. The second-order valence-corrected chi connectivity index (χ2v) is 9.20. The number of hydrogen-bond donors (Lipinski definition) is 0. The molecule has 4 rings (SSSR count). The van der Waals surface area contributed by atoms with Gasteiger partial charge in [-0.15, -0.1) is 0 Å². The topological polar surface area (TPSA) is 51.2 Å². The fraction of sp³-hybridized carbons (Fsp3) is 0.500. The molecule has 2 aliphatic rings. The summed E-state index contributed by atoms with van der Waals surface area (Å²) in [5.74, 6) is -0.432. The van der Waals surface area contributed by atoms with Crippen LogP contribution >= 0.6 is 11.6 Å². The molecule has 1 unspecified atom stereocenters. The van der Waals surface area contributed by atoms with Gasteiger partial charge in [0.15, 0.2) is 6.29 Å². The minimum Gasteiger partial charge on any atom is -0.465 e. The first-order valence-electron chi connectivity index (χ1n) is 11.7. The normalized spacial score (nSPS) is 22.2. The summed E-state index contributed by atoms with van der Waals surface area (Å²) in [4.78, 5) is 16.6. The molecule has 0 spiro atoms. The Morgan fingerprint density at radius 3 is 2.73 bits per heavy atom. The monoisotopic (exact) mass is 472 g/mol. The van der Waals surface area contributed by atoms with Gasteiger partial charge >= 0.3 is 5.97 Å². The van der Waals surface area contributed by atoms with Crippen molar-refractivity contribution in [2.24, 2.45) is 0 Å². The molecular weight excluding hydrogens is 440 g/mol. The average molecular weight is 473 g/mol. The lowest BCUT2D eigenvalue weighted by Crippen LogP contribution is -2.36. The first kappa shape index (κ1) is 24.0. The first-order chi connectivity index (χ1) is 16.0. The molecule has 178 valence electrons. The average Bonchev–Trinajstić information content (AvgIpc) is 3.29. The van der Waals surface area contributed by atoms with Crippen molar-refractivity contribution in [2.45, 2.75) is 44.1 Å². The quantitative estimate of drug-likeness (QED) is 0.508. The Morgan fingerprint density at radius 2 is 2.03 bits per heavy atom. The molecule has 7 heteroatoms. The zero-order valence-corrected chi connectivity index (χ0v) is 20.2. The molecule has 33 heavy (non-hydrogen) atoms. The summed E-state index contributed by atoms with van der Waals surface area (Å²) in [7, 11) is 3.43. The van der Waals surface area contributed by atoms with E-state index in [-0.39, 0.29) is 18.4 Å². The number of hydrogen-bond acceptors (Lipinski definition) is 6. The molecule has 0 bridgehead atoms. The number of likely N-dealkylation sites (N-methyl/N-ethyl adjacent to an activating group) is 1. The summed E-state index contributed by atoms with van der Waals surface area (Å²) in [5.41, 5.74) is 2.55. The summed E-state index contributed by atoms with van der Waals surface area (Å²) in [6.45, 7) is 3.57.